The summed E-state index contributed by atoms with van der Waals surface area (Å²) < 4.78 is 32.6. The highest BCUT2D eigenvalue weighted by Crippen LogP contribution is 2.38. The number of para-hydroxylation sites is 2. The second-order valence-electron chi connectivity index (χ2n) is 10.5. The fourth-order valence-electron chi connectivity index (χ4n) is 5.07. The van der Waals surface area contributed by atoms with Crippen molar-refractivity contribution in [3.63, 3.8) is 0 Å². The molecule has 4 heterocycles. The standard InChI is InChI=1S/C34H32FN5O5S/c1-43-28-8-4-3-7-25(28)39-33(42)20-32(41)38-23-10-11-27(24(35)18-23)45-29-12-13-36-26-19-30(46-34(26)29)22-6-2-5-9-31(37-21-22)40-14-16-44-17-15-40/h3-4,6-13,18-19,21H,2,5,14-17,20H2,1H3,(H,38,41)(H,39,42)/b22-6+,31-9?,37-21-. The van der Waals surface area contributed by atoms with Crippen LogP contribution in [0.25, 0.3) is 15.8 Å². The smallest absolute Gasteiger partial charge is 0.233 e. The Kier molecular flexibility index (Phi) is 9.65. The highest BCUT2D eigenvalue weighted by atomic mass is 32.1. The molecule has 1 saturated heterocycles. The van der Waals surface area contributed by atoms with Crippen LogP contribution >= 0.6 is 11.3 Å². The van der Waals surface area contributed by atoms with Crippen molar-refractivity contribution in [1.82, 2.24) is 9.88 Å². The van der Waals surface area contributed by atoms with Gasteiger partial charge in [-0.3, -0.25) is 14.6 Å². The number of morpholine rings is 1. The summed E-state index contributed by atoms with van der Waals surface area (Å²) in [6.45, 7) is 3.04. The lowest BCUT2D eigenvalue weighted by molar-refractivity contribution is -0.123. The Balaban J connectivity index is 1.12. The highest BCUT2D eigenvalue weighted by Gasteiger charge is 2.17. The van der Waals surface area contributed by atoms with Gasteiger partial charge < -0.3 is 29.7 Å². The number of carbonyl (C=O) groups excluding carboxylic acids is 2. The van der Waals surface area contributed by atoms with Crippen molar-refractivity contribution in [2.75, 3.05) is 44.0 Å². The molecule has 0 atom stereocenters. The van der Waals surface area contributed by atoms with Crippen LogP contribution in [0.4, 0.5) is 15.8 Å². The topological polar surface area (TPSA) is 114 Å². The van der Waals surface area contributed by atoms with E-state index in [9.17, 15) is 9.59 Å². The number of halogens is 1. The van der Waals surface area contributed by atoms with Crippen LogP contribution in [0.3, 0.4) is 0 Å². The van der Waals surface area contributed by atoms with Crippen molar-refractivity contribution in [3.05, 3.63) is 89.5 Å². The van der Waals surface area contributed by atoms with Crippen LogP contribution in [-0.2, 0) is 14.3 Å². The molecule has 2 aliphatic heterocycles. The average molecular weight is 642 g/mol. The van der Waals surface area contributed by atoms with E-state index in [1.807, 2.05) is 12.3 Å². The first kappa shape index (κ1) is 30.9. The number of allylic oxidation sites excluding steroid dienone is 3. The van der Waals surface area contributed by atoms with Gasteiger partial charge in [-0.2, -0.15) is 0 Å². The molecule has 2 amide bonds. The predicted octanol–water partition coefficient (Wildman–Crippen LogP) is 6.63. The molecule has 6 rings (SSSR count). The van der Waals surface area contributed by atoms with Crippen LogP contribution in [-0.4, -0.2) is 61.3 Å². The fourth-order valence-corrected chi connectivity index (χ4v) is 6.14. The number of nitrogens with one attached hydrogen (secondary N) is 2. The lowest BCUT2D eigenvalue weighted by Gasteiger charge is -2.29. The molecule has 236 valence electrons. The third-order valence-electron chi connectivity index (χ3n) is 7.33. The number of ether oxygens (including phenoxy) is 3. The van der Waals surface area contributed by atoms with E-state index in [1.54, 1.807) is 36.5 Å². The molecule has 2 N–H and O–H groups in total. The van der Waals surface area contributed by atoms with Crippen molar-refractivity contribution in [2.45, 2.75) is 19.3 Å². The molecule has 2 aliphatic rings. The van der Waals surface area contributed by atoms with Gasteiger partial charge in [0.05, 0.1) is 36.2 Å². The average Bonchev–Trinajstić information content (AvgIpc) is 3.48. The summed E-state index contributed by atoms with van der Waals surface area (Å²) in [5, 5.41) is 5.20. The molecule has 0 radical (unpaired) electrons. The number of hydrogen-bond acceptors (Lipinski definition) is 9. The number of thiophene rings is 1. The number of fused-ring (bicyclic) bond motifs is 1. The lowest BCUT2D eigenvalue weighted by Crippen LogP contribution is -2.35. The van der Waals surface area contributed by atoms with Crippen LogP contribution < -0.4 is 20.1 Å². The number of amides is 2. The molecular weight excluding hydrogens is 609 g/mol. The van der Waals surface area contributed by atoms with Gasteiger partial charge in [0, 0.05) is 53.8 Å². The zero-order valence-corrected chi connectivity index (χ0v) is 25.9. The minimum absolute atomic E-state index is 0.0126. The summed E-state index contributed by atoms with van der Waals surface area (Å²) in [5.74, 6) is 0.0830. The van der Waals surface area contributed by atoms with Gasteiger partial charge in [-0.1, -0.05) is 18.2 Å². The van der Waals surface area contributed by atoms with Gasteiger partial charge >= 0.3 is 0 Å². The van der Waals surface area contributed by atoms with Gasteiger partial charge in [-0.25, -0.2) is 9.38 Å². The number of carbonyl (C=O) groups is 2. The van der Waals surface area contributed by atoms with E-state index in [2.05, 4.69) is 32.7 Å². The van der Waals surface area contributed by atoms with Crippen molar-refractivity contribution < 1.29 is 28.2 Å². The Labute approximate surface area is 269 Å². The quantitative estimate of drug-likeness (QED) is 0.197. The largest absolute Gasteiger partial charge is 0.495 e. The van der Waals surface area contributed by atoms with Crippen molar-refractivity contribution in [3.8, 4) is 17.2 Å². The van der Waals surface area contributed by atoms with Gasteiger partial charge in [0.15, 0.2) is 11.6 Å². The number of aliphatic imine (C=N–C) groups is 1. The van der Waals surface area contributed by atoms with Crippen molar-refractivity contribution >= 4 is 56.5 Å². The zero-order chi connectivity index (χ0) is 31.9. The third-order valence-corrected chi connectivity index (χ3v) is 8.51. The fraction of sp³-hybridized carbons (Fsp3) is 0.235. The Morgan fingerprint density at radius 2 is 1.78 bits per heavy atom. The third kappa shape index (κ3) is 7.41. The molecule has 0 saturated carbocycles. The Bertz CT molecular complexity index is 1850. The molecule has 4 aromatic rings. The second kappa shape index (κ2) is 14.4. The van der Waals surface area contributed by atoms with E-state index in [4.69, 9.17) is 19.2 Å². The number of methoxy groups -OCH3 is 1. The van der Waals surface area contributed by atoms with Crippen LogP contribution in [0.5, 0.6) is 17.2 Å². The van der Waals surface area contributed by atoms with Crippen LogP contribution in [0.15, 0.2) is 83.8 Å². The van der Waals surface area contributed by atoms with Gasteiger partial charge in [0.25, 0.3) is 0 Å². The maximum atomic E-state index is 15.2. The van der Waals surface area contributed by atoms with Gasteiger partial charge in [-0.15, -0.1) is 11.3 Å². The van der Waals surface area contributed by atoms with Crippen molar-refractivity contribution in [2.24, 2.45) is 4.99 Å². The molecule has 0 unspecified atom stereocenters. The molecule has 0 spiro atoms. The number of pyridine rings is 1. The summed E-state index contributed by atoms with van der Waals surface area (Å²) in [6.07, 6.45) is 9.14. The van der Waals surface area contributed by atoms with Gasteiger partial charge in [0.1, 0.15) is 23.7 Å². The molecule has 0 bridgehead atoms. The lowest BCUT2D eigenvalue weighted by atomic mass is 10.1. The first-order valence-corrected chi connectivity index (χ1v) is 15.6. The summed E-state index contributed by atoms with van der Waals surface area (Å²) in [4.78, 5) is 37.4. The van der Waals surface area contributed by atoms with E-state index in [0.717, 1.165) is 58.5 Å². The first-order chi connectivity index (χ1) is 22.5. The van der Waals surface area contributed by atoms with Gasteiger partial charge in [0.2, 0.25) is 11.8 Å². The van der Waals surface area contributed by atoms with E-state index in [1.165, 1.54) is 30.6 Å². The highest BCUT2D eigenvalue weighted by molar-refractivity contribution is 7.20. The van der Waals surface area contributed by atoms with Crippen molar-refractivity contribution in [1.29, 1.82) is 0 Å². The Morgan fingerprint density at radius 3 is 2.61 bits per heavy atom. The van der Waals surface area contributed by atoms with Gasteiger partial charge in [-0.05, 0) is 49.2 Å². The number of benzene rings is 2. The SMILES string of the molecule is COc1ccccc1NC(=O)CC(=O)Nc1ccc(Oc2ccnc3cc(C4=C/CCC=C(N5CCOCC5)/N=C\4)sc23)c(F)c1. The first-order valence-electron chi connectivity index (χ1n) is 14.8. The molecule has 2 aromatic heterocycles. The van der Waals surface area contributed by atoms with E-state index in [-0.39, 0.29) is 11.4 Å². The Morgan fingerprint density at radius 1 is 0.978 bits per heavy atom. The number of aromatic nitrogens is 1. The maximum Gasteiger partial charge on any atom is 0.233 e. The molecular formula is C34H32FN5O5S. The predicted molar refractivity (Wildman–Crippen MR) is 177 cm³/mol. The number of anilines is 2. The van der Waals surface area contributed by atoms with E-state index < -0.39 is 24.1 Å². The summed E-state index contributed by atoms with van der Waals surface area (Å²) in [7, 11) is 1.49. The number of rotatable bonds is 9. The normalized spacial score (nSPS) is 16.8. The van der Waals surface area contributed by atoms with Crippen LogP contribution in [0, 0.1) is 5.82 Å². The summed E-state index contributed by atoms with van der Waals surface area (Å²) >= 11 is 1.50. The maximum absolute atomic E-state index is 15.2. The monoisotopic (exact) mass is 641 g/mol. The second-order valence-corrected chi connectivity index (χ2v) is 11.6. The van der Waals surface area contributed by atoms with Crippen LogP contribution in [0.1, 0.15) is 24.1 Å². The summed E-state index contributed by atoms with van der Waals surface area (Å²) in [5.41, 5.74) is 2.37. The Hall–Kier alpha value is -5.07. The summed E-state index contributed by atoms with van der Waals surface area (Å²) in [6, 6.07) is 14.7. The molecule has 0 aliphatic carbocycles. The number of hydrogen-bond donors (Lipinski definition) is 2. The molecule has 46 heavy (non-hydrogen) atoms. The minimum atomic E-state index is -0.671. The molecule has 2 aromatic carbocycles. The van der Waals surface area contributed by atoms with E-state index >= 15 is 4.39 Å². The van der Waals surface area contributed by atoms with E-state index in [0.29, 0.717) is 30.4 Å². The van der Waals surface area contributed by atoms with Crippen LogP contribution in [0.2, 0.25) is 0 Å². The zero-order valence-electron chi connectivity index (χ0n) is 25.1. The molecule has 1 fully saturated rings. The molecule has 12 heteroatoms. The number of nitrogens with zero attached hydrogens (tertiary/aromatic N) is 3. The minimum Gasteiger partial charge on any atom is -0.495 e. The molecule has 10 nitrogen and oxygen atoms in total.